The lowest BCUT2D eigenvalue weighted by Gasteiger charge is -2.32. The fraction of sp³-hybridized carbons (Fsp3) is 0.324. The first kappa shape index (κ1) is 29.5. The molecular formula is C37H44P2. The molecule has 0 aliphatic carbocycles. The monoisotopic (exact) mass is 550 g/mol. The Morgan fingerprint density at radius 3 is 1.41 bits per heavy atom. The standard InChI is InChI=1S/C37H44P2/c1-35(2,3)28-24-31(36(4,5)6)34(32(25-28)37(7,8)9)38-26-27-18-16-17-23-33(27)39(29-19-12-10-13-20-29)30-21-14-11-15-22-30/h10-26H,1-9H3. The molecule has 0 atom stereocenters. The van der Waals surface area contributed by atoms with Crippen molar-refractivity contribution >= 4 is 43.1 Å². The van der Waals surface area contributed by atoms with E-state index in [1.165, 1.54) is 51.7 Å². The molecule has 0 aromatic heterocycles. The maximum atomic E-state index is 2.48. The SMILES string of the molecule is CC(C)(C)c1cc(C(C)(C)C)c(P=Cc2ccccc2P(c2ccccc2)c2ccccc2)c(C(C)(C)C)c1. The summed E-state index contributed by atoms with van der Waals surface area (Å²) in [6.07, 6.45) is 0. The van der Waals surface area contributed by atoms with Crippen LogP contribution >= 0.6 is 16.1 Å². The van der Waals surface area contributed by atoms with E-state index in [2.05, 4.69) is 165 Å². The lowest BCUT2D eigenvalue weighted by atomic mass is 9.75. The van der Waals surface area contributed by atoms with Crippen LogP contribution in [0.1, 0.15) is 84.6 Å². The molecule has 2 heteroatoms. The molecule has 0 bridgehead atoms. The Labute approximate surface area is 240 Å². The zero-order chi connectivity index (χ0) is 28.4. The molecule has 0 unspecified atom stereocenters. The maximum Gasteiger partial charge on any atom is 0.00929 e. The van der Waals surface area contributed by atoms with Gasteiger partial charge in [0.15, 0.2) is 0 Å². The van der Waals surface area contributed by atoms with Gasteiger partial charge in [0.1, 0.15) is 0 Å². The van der Waals surface area contributed by atoms with E-state index in [1.54, 1.807) is 0 Å². The van der Waals surface area contributed by atoms with Crippen molar-refractivity contribution in [3.63, 3.8) is 0 Å². The minimum Gasteiger partial charge on any atom is -0.0672 e. The highest BCUT2D eigenvalue weighted by Gasteiger charge is 2.28. The van der Waals surface area contributed by atoms with Crippen LogP contribution in [0.5, 0.6) is 0 Å². The Kier molecular flexibility index (Phi) is 8.71. The van der Waals surface area contributed by atoms with E-state index in [-0.39, 0.29) is 16.2 Å². The second-order valence-corrected chi connectivity index (χ2v) is 16.6. The summed E-state index contributed by atoms with van der Waals surface area (Å²) >= 11 is 0. The van der Waals surface area contributed by atoms with Crippen LogP contribution in [0.15, 0.2) is 97.1 Å². The molecule has 0 nitrogen and oxygen atoms in total. The van der Waals surface area contributed by atoms with E-state index in [0.29, 0.717) is 0 Å². The average Bonchev–Trinajstić information content (AvgIpc) is 2.87. The quantitative estimate of drug-likeness (QED) is 0.218. The Bertz CT molecular complexity index is 1350. The van der Waals surface area contributed by atoms with Gasteiger partial charge in [-0.25, -0.2) is 0 Å². The number of benzene rings is 4. The fourth-order valence-corrected chi connectivity index (χ4v) is 8.97. The second-order valence-electron chi connectivity index (χ2n) is 13.5. The second kappa shape index (κ2) is 11.5. The number of hydrogen-bond acceptors (Lipinski definition) is 0. The van der Waals surface area contributed by atoms with Gasteiger partial charge in [-0.15, -0.1) is 0 Å². The molecule has 0 aliphatic heterocycles. The smallest absolute Gasteiger partial charge is 0.00929 e. The van der Waals surface area contributed by atoms with Crippen LogP contribution in [0.4, 0.5) is 0 Å². The lowest BCUT2D eigenvalue weighted by molar-refractivity contribution is 0.554. The number of rotatable bonds is 5. The molecular weight excluding hydrogens is 506 g/mol. The third kappa shape index (κ3) is 6.98. The van der Waals surface area contributed by atoms with E-state index >= 15 is 0 Å². The molecule has 39 heavy (non-hydrogen) atoms. The molecule has 0 heterocycles. The average molecular weight is 551 g/mol. The van der Waals surface area contributed by atoms with Crippen molar-refractivity contribution in [1.29, 1.82) is 0 Å². The molecule has 4 aromatic rings. The third-order valence-corrected chi connectivity index (χ3v) is 10.8. The van der Waals surface area contributed by atoms with Crippen molar-refractivity contribution < 1.29 is 0 Å². The minimum absolute atomic E-state index is 0.0532. The highest BCUT2D eigenvalue weighted by Crippen LogP contribution is 2.37. The Balaban J connectivity index is 1.93. The summed E-state index contributed by atoms with van der Waals surface area (Å²) in [5.74, 6) is 2.47. The van der Waals surface area contributed by atoms with Gasteiger partial charge in [-0.1, -0.05) is 168 Å². The van der Waals surface area contributed by atoms with Crippen molar-refractivity contribution in [3.8, 4) is 0 Å². The summed E-state index contributed by atoms with van der Waals surface area (Å²) in [7, 11) is 0.588. The van der Waals surface area contributed by atoms with Gasteiger partial charge >= 0.3 is 0 Å². The van der Waals surface area contributed by atoms with Crippen LogP contribution in [0.3, 0.4) is 0 Å². The summed E-state index contributed by atoms with van der Waals surface area (Å²) in [5, 5.41) is 5.65. The van der Waals surface area contributed by atoms with Gasteiger partial charge < -0.3 is 0 Å². The Hall–Kier alpha value is -2.52. The van der Waals surface area contributed by atoms with Crippen molar-refractivity contribution in [1.82, 2.24) is 0 Å². The van der Waals surface area contributed by atoms with Crippen LogP contribution in [-0.2, 0) is 16.2 Å². The van der Waals surface area contributed by atoms with Crippen molar-refractivity contribution in [3.05, 3.63) is 119 Å². The first-order valence-electron chi connectivity index (χ1n) is 14.0. The zero-order valence-corrected chi connectivity index (χ0v) is 27.0. The van der Waals surface area contributed by atoms with E-state index in [4.69, 9.17) is 0 Å². The van der Waals surface area contributed by atoms with Crippen LogP contribution < -0.4 is 21.2 Å². The number of hydrogen-bond donors (Lipinski definition) is 0. The van der Waals surface area contributed by atoms with Gasteiger partial charge in [0.05, 0.1) is 0 Å². The Morgan fingerprint density at radius 1 is 0.538 bits per heavy atom. The van der Waals surface area contributed by atoms with Gasteiger partial charge in [0, 0.05) is 5.30 Å². The van der Waals surface area contributed by atoms with Gasteiger partial charge in [0.2, 0.25) is 0 Å². The first-order valence-corrected chi connectivity index (χ1v) is 16.3. The van der Waals surface area contributed by atoms with Gasteiger partial charge in [-0.05, 0) is 68.1 Å². The highest BCUT2D eigenvalue weighted by atomic mass is 31.1. The molecule has 4 rings (SSSR count). The molecule has 0 amide bonds. The normalized spacial score (nSPS) is 12.9. The molecule has 0 spiro atoms. The van der Waals surface area contributed by atoms with E-state index in [9.17, 15) is 0 Å². The van der Waals surface area contributed by atoms with E-state index < -0.39 is 7.92 Å². The maximum absolute atomic E-state index is 2.48. The molecule has 0 saturated heterocycles. The lowest BCUT2D eigenvalue weighted by Crippen LogP contribution is -2.30. The summed E-state index contributed by atoms with van der Waals surface area (Å²) in [6, 6.07) is 36.0. The predicted molar refractivity (Wildman–Crippen MR) is 179 cm³/mol. The molecule has 0 fully saturated rings. The molecule has 0 aliphatic rings. The topological polar surface area (TPSA) is 0 Å². The minimum atomic E-state index is -0.664. The molecule has 0 N–H and O–H groups in total. The van der Waals surface area contributed by atoms with Crippen molar-refractivity contribution in [2.75, 3.05) is 0 Å². The largest absolute Gasteiger partial charge is 0.0672 e. The van der Waals surface area contributed by atoms with E-state index in [1.807, 2.05) is 0 Å². The predicted octanol–water partition coefficient (Wildman–Crippen LogP) is 8.76. The summed E-state index contributed by atoms with van der Waals surface area (Å²) in [6.45, 7) is 21.1. The van der Waals surface area contributed by atoms with Crippen LogP contribution in [0.2, 0.25) is 0 Å². The van der Waals surface area contributed by atoms with Gasteiger partial charge in [-0.3, -0.25) is 0 Å². The van der Waals surface area contributed by atoms with Gasteiger partial charge in [0.25, 0.3) is 0 Å². The van der Waals surface area contributed by atoms with Crippen molar-refractivity contribution in [2.24, 2.45) is 0 Å². The molecule has 202 valence electrons. The molecule has 0 radical (unpaired) electrons. The van der Waals surface area contributed by atoms with Crippen molar-refractivity contribution in [2.45, 2.75) is 78.6 Å². The summed E-state index contributed by atoms with van der Waals surface area (Å²) in [5.41, 5.74) is 5.89. The highest BCUT2D eigenvalue weighted by molar-refractivity contribution is 7.80. The summed E-state index contributed by atoms with van der Waals surface area (Å²) in [4.78, 5) is 0. The summed E-state index contributed by atoms with van der Waals surface area (Å²) < 4.78 is 0. The van der Waals surface area contributed by atoms with Crippen LogP contribution in [0, 0.1) is 0 Å². The van der Waals surface area contributed by atoms with Crippen LogP contribution in [0.25, 0.3) is 0 Å². The van der Waals surface area contributed by atoms with Gasteiger partial charge in [-0.2, -0.15) is 0 Å². The zero-order valence-electron chi connectivity index (χ0n) is 25.2. The molecule has 4 aromatic carbocycles. The first-order chi connectivity index (χ1) is 18.3. The Morgan fingerprint density at radius 2 is 0.974 bits per heavy atom. The third-order valence-electron chi connectivity index (χ3n) is 7.13. The van der Waals surface area contributed by atoms with E-state index in [0.717, 1.165) is 0 Å². The molecule has 0 saturated carbocycles. The fourth-order valence-electron chi connectivity index (χ4n) is 4.87. The van der Waals surface area contributed by atoms with Crippen LogP contribution in [-0.4, -0.2) is 5.80 Å².